The van der Waals surface area contributed by atoms with E-state index >= 15 is 0 Å². The van der Waals surface area contributed by atoms with Gasteiger partial charge in [0, 0.05) is 13.2 Å². The lowest BCUT2D eigenvalue weighted by Crippen LogP contribution is -1.74. The van der Waals surface area contributed by atoms with Crippen LogP contribution in [0.25, 0.3) is 0 Å². The van der Waals surface area contributed by atoms with E-state index in [1.807, 2.05) is 18.2 Å². The fourth-order valence-corrected chi connectivity index (χ4v) is 1.04. The van der Waals surface area contributed by atoms with Crippen molar-refractivity contribution < 1.29 is 10.2 Å². The van der Waals surface area contributed by atoms with E-state index in [1.165, 1.54) is 18.4 Å². The summed E-state index contributed by atoms with van der Waals surface area (Å²) in [5.41, 5.74) is 1.32. The van der Waals surface area contributed by atoms with Gasteiger partial charge in [0.05, 0.1) is 0 Å². The third kappa shape index (κ3) is 6.31. The number of hydrogen-bond donors (Lipinski definition) is 0. The molecule has 1 saturated heterocycles. The lowest BCUT2D eigenvalue weighted by Gasteiger charge is -1.82. The Morgan fingerprint density at radius 3 is 1.77 bits per heavy atom. The summed E-state index contributed by atoms with van der Waals surface area (Å²) in [4.78, 5) is 0. The van der Waals surface area contributed by atoms with Crippen molar-refractivity contribution in [3.8, 4) is 0 Å². The van der Waals surface area contributed by atoms with E-state index in [0.29, 0.717) is 0 Å². The molecule has 0 radical (unpaired) electrons. The minimum Gasteiger partial charge on any atom is -0.412 e. The Labute approximate surface area is 79.9 Å². The van der Waals surface area contributed by atoms with Crippen molar-refractivity contribution in [2.24, 2.45) is 0 Å². The zero-order valence-electron chi connectivity index (χ0n) is 8.12. The minimum absolute atomic E-state index is 0. The summed E-state index contributed by atoms with van der Waals surface area (Å²) in [6.07, 6.45) is 2.56. The molecular weight excluding hydrogens is 164 g/mol. The fourth-order valence-electron chi connectivity index (χ4n) is 1.04. The maximum absolute atomic E-state index is 4.94. The van der Waals surface area contributed by atoms with E-state index in [2.05, 4.69) is 19.1 Å². The molecule has 1 aliphatic heterocycles. The first-order valence-corrected chi connectivity index (χ1v) is 4.49. The van der Waals surface area contributed by atoms with Gasteiger partial charge in [-0.2, -0.15) is 0 Å². The van der Waals surface area contributed by atoms with E-state index in [1.54, 1.807) is 0 Å². The van der Waals surface area contributed by atoms with Crippen LogP contribution >= 0.6 is 0 Å². The number of aryl methyl sites for hydroxylation is 1. The van der Waals surface area contributed by atoms with Gasteiger partial charge in [0.15, 0.2) is 0 Å². The lowest BCUT2D eigenvalue weighted by atomic mass is 10.2. The van der Waals surface area contributed by atoms with Gasteiger partial charge < -0.3 is 10.2 Å². The highest BCUT2D eigenvalue weighted by Crippen LogP contribution is 1.98. The standard InChI is InChI=1S/C7H8.C4H8O.H2O/c1-7-5-3-2-4-6-7;1-2-4-5-3-1;/h2-6H,1H3;1-4H2;1H2. The molecular formula is C11H18O2. The van der Waals surface area contributed by atoms with Gasteiger partial charge in [0.25, 0.3) is 0 Å². The maximum atomic E-state index is 4.94. The molecule has 0 unspecified atom stereocenters. The summed E-state index contributed by atoms with van der Waals surface area (Å²) >= 11 is 0. The van der Waals surface area contributed by atoms with E-state index in [0.717, 1.165) is 13.2 Å². The van der Waals surface area contributed by atoms with Crippen molar-refractivity contribution in [1.29, 1.82) is 0 Å². The van der Waals surface area contributed by atoms with Crippen molar-refractivity contribution in [2.45, 2.75) is 19.8 Å². The van der Waals surface area contributed by atoms with E-state index in [4.69, 9.17) is 4.74 Å². The minimum atomic E-state index is 0. The van der Waals surface area contributed by atoms with Crippen molar-refractivity contribution >= 4 is 0 Å². The van der Waals surface area contributed by atoms with Crippen LogP contribution in [0.4, 0.5) is 0 Å². The van der Waals surface area contributed by atoms with Crippen LogP contribution in [0.2, 0.25) is 0 Å². The molecule has 0 bridgehead atoms. The molecule has 1 aromatic rings. The molecule has 2 rings (SSSR count). The Kier molecular flexibility index (Phi) is 7.26. The molecule has 1 heterocycles. The molecule has 0 aromatic heterocycles. The van der Waals surface area contributed by atoms with Crippen LogP contribution in [0.5, 0.6) is 0 Å². The first-order valence-electron chi connectivity index (χ1n) is 4.49. The molecule has 13 heavy (non-hydrogen) atoms. The summed E-state index contributed by atoms with van der Waals surface area (Å²) in [5, 5.41) is 0. The summed E-state index contributed by atoms with van der Waals surface area (Å²) in [7, 11) is 0. The molecule has 0 saturated carbocycles. The van der Waals surface area contributed by atoms with Crippen LogP contribution in [-0.4, -0.2) is 18.7 Å². The number of benzene rings is 1. The summed E-state index contributed by atoms with van der Waals surface area (Å²) in [5.74, 6) is 0. The van der Waals surface area contributed by atoms with Crippen LogP contribution in [-0.2, 0) is 4.74 Å². The monoisotopic (exact) mass is 182 g/mol. The number of ether oxygens (including phenoxy) is 1. The molecule has 2 N–H and O–H groups in total. The number of hydrogen-bond acceptors (Lipinski definition) is 1. The highest BCUT2D eigenvalue weighted by molar-refractivity contribution is 5.11. The van der Waals surface area contributed by atoms with Gasteiger partial charge in [-0.15, -0.1) is 0 Å². The number of rotatable bonds is 0. The Hall–Kier alpha value is -0.860. The molecule has 2 heteroatoms. The van der Waals surface area contributed by atoms with Crippen LogP contribution in [0.15, 0.2) is 30.3 Å². The van der Waals surface area contributed by atoms with Gasteiger partial charge in [0.1, 0.15) is 0 Å². The molecule has 0 aliphatic carbocycles. The summed E-state index contributed by atoms with van der Waals surface area (Å²) in [6, 6.07) is 10.3. The second kappa shape index (κ2) is 7.77. The Morgan fingerprint density at radius 1 is 1.00 bits per heavy atom. The highest BCUT2D eigenvalue weighted by atomic mass is 16.5. The largest absolute Gasteiger partial charge is 0.412 e. The zero-order valence-corrected chi connectivity index (χ0v) is 8.12. The van der Waals surface area contributed by atoms with Crippen LogP contribution in [0, 0.1) is 6.92 Å². The average Bonchev–Trinajstić information content (AvgIpc) is 2.62. The maximum Gasteiger partial charge on any atom is 0.0466 e. The van der Waals surface area contributed by atoms with E-state index < -0.39 is 0 Å². The van der Waals surface area contributed by atoms with Crippen molar-refractivity contribution in [3.63, 3.8) is 0 Å². The van der Waals surface area contributed by atoms with Crippen molar-refractivity contribution in [2.75, 3.05) is 13.2 Å². The molecule has 1 aliphatic rings. The molecule has 1 fully saturated rings. The zero-order chi connectivity index (χ0) is 8.65. The topological polar surface area (TPSA) is 40.7 Å². The third-order valence-electron chi connectivity index (χ3n) is 1.77. The van der Waals surface area contributed by atoms with Crippen molar-refractivity contribution in [3.05, 3.63) is 35.9 Å². The summed E-state index contributed by atoms with van der Waals surface area (Å²) in [6.45, 7) is 4.08. The molecule has 1 aromatic carbocycles. The Morgan fingerprint density at radius 2 is 1.54 bits per heavy atom. The average molecular weight is 182 g/mol. The molecule has 0 spiro atoms. The molecule has 0 atom stereocenters. The second-order valence-electron chi connectivity index (χ2n) is 2.97. The van der Waals surface area contributed by atoms with E-state index in [-0.39, 0.29) is 5.48 Å². The van der Waals surface area contributed by atoms with Crippen molar-refractivity contribution in [1.82, 2.24) is 0 Å². The second-order valence-corrected chi connectivity index (χ2v) is 2.97. The van der Waals surface area contributed by atoms with Gasteiger partial charge in [-0.25, -0.2) is 0 Å². The van der Waals surface area contributed by atoms with Gasteiger partial charge in [0.2, 0.25) is 0 Å². The predicted molar refractivity (Wildman–Crippen MR) is 54.8 cm³/mol. The summed E-state index contributed by atoms with van der Waals surface area (Å²) < 4.78 is 4.94. The smallest absolute Gasteiger partial charge is 0.0466 e. The lowest BCUT2D eigenvalue weighted by molar-refractivity contribution is 0.198. The molecule has 0 amide bonds. The first-order chi connectivity index (χ1) is 5.89. The molecule has 74 valence electrons. The van der Waals surface area contributed by atoms with Gasteiger partial charge >= 0.3 is 0 Å². The van der Waals surface area contributed by atoms with Gasteiger partial charge in [-0.3, -0.25) is 0 Å². The van der Waals surface area contributed by atoms with E-state index in [9.17, 15) is 0 Å². The van der Waals surface area contributed by atoms with Crippen LogP contribution in [0.3, 0.4) is 0 Å². The highest BCUT2D eigenvalue weighted by Gasteiger charge is 1.94. The van der Waals surface area contributed by atoms with Crippen LogP contribution in [0.1, 0.15) is 18.4 Å². The van der Waals surface area contributed by atoms with Crippen LogP contribution < -0.4 is 0 Å². The third-order valence-corrected chi connectivity index (χ3v) is 1.77. The first kappa shape index (κ1) is 12.1. The fraction of sp³-hybridized carbons (Fsp3) is 0.455. The molecule has 2 nitrogen and oxygen atoms in total. The normalized spacial score (nSPS) is 13.9. The Bertz CT molecular complexity index is 185. The Balaban J connectivity index is 0.000000215. The predicted octanol–water partition coefficient (Wildman–Crippen LogP) is 1.97. The quantitative estimate of drug-likeness (QED) is 0.604. The SMILES string of the molecule is C1CCOC1.Cc1ccccc1.O. The van der Waals surface area contributed by atoms with Gasteiger partial charge in [-0.05, 0) is 19.8 Å². The van der Waals surface area contributed by atoms with Gasteiger partial charge in [-0.1, -0.05) is 35.9 Å².